The molecule has 8 nitrogen and oxygen atoms in total. The van der Waals surface area contributed by atoms with Gasteiger partial charge in [-0.15, -0.1) is 11.8 Å². The van der Waals surface area contributed by atoms with Crippen LogP contribution in [0.1, 0.15) is 23.2 Å². The molecular weight excluding hydrogens is 476 g/mol. The van der Waals surface area contributed by atoms with Crippen molar-refractivity contribution < 1.29 is 27.5 Å². The summed E-state index contributed by atoms with van der Waals surface area (Å²) in [7, 11) is -1.08. The van der Waals surface area contributed by atoms with Crippen molar-refractivity contribution in [2.75, 3.05) is 32.3 Å². The van der Waals surface area contributed by atoms with E-state index in [2.05, 4.69) is 5.32 Å². The van der Waals surface area contributed by atoms with Crippen molar-refractivity contribution in [3.05, 3.63) is 53.1 Å². The minimum atomic E-state index is -3.80. The molecule has 2 aromatic rings. The molecule has 0 aliphatic rings. The van der Waals surface area contributed by atoms with Crippen molar-refractivity contribution in [2.24, 2.45) is 0 Å². The quantitative estimate of drug-likeness (QED) is 0.303. The van der Waals surface area contributed by atoms with Crippen LogP contribution >= 0.6 is 23.4 Å². The highest BCUT2D eigenvalue weighted by molar-refractivity contribution is 7.98. The highest BCUT2D eigenvalue weighted by Gasteiger charge is 2.21. The fourth-order valence-electron chi connectivity index (χ4n) is 2.53. The molecule has 0 saturated carbocycles. The molecule has 172 valence electrons. The zero-order chi connectivity index (χ0) is 23.9. The van der Waals surface area contributed by atoms with Gasteiger partial charge in [0.25, 0.3) is 5.91 Å². The monoisotopic (exact) mass is 498 g/mol. The van der Waals surface area contributed by atoms with E-state index in [4.69, 9.17) is 16.3 Å². The average molecular weight is 499 g/mol. The van der Waals surface area contributed by atoms with Gasteiger partial charge in [0.1, 0.15) is 4.90 Å². The number of ether oxygens (including phenoxy) is 1. The molecule has 0 saturated heterocycles. The molecule has 0 spiro atoms. The third-order valence-electron chi connectivity index (χ3n) is 4.31. The first kappa shape index (κ1) is 25.9. The van der Waals surface area contributed by atoms with Gasteiger partial charge in [-0.25, -0.2) is 12.7 Å². The summed E-state index contributed by atoms with van der Waals surface area (Å²) in [6.45, 7) is -0.576. The van der Waals surface area contributed by atoms with E-state index in [9.17, 15) is 22.8 Å². The fraction of sp³-hybridized carbons (Fsp3) is 0.286. The van der Waals surface area contributed by atoms with E-state index in [0.29, 0.717) is 5.56 Å². The largest absolute Gasteiger partial charge is 0.456 e. The zero-order valence-electron chi connectivity index (χ0n) is 17.8. The Labute approximate surface area is 196 Å². The number of hydrogen-bond acceptors (Lipinski definition) is 7. The van der Waals surface area contributed by atoms with E-state index < -0.39 is 28.5 Å². The normalized spacial score (nSPS) is 11.3. The molecule has 1 amide bonds. The SMILES string of the molecule is CSc1ccc(C(=O)CCC(=O)OCC(=O)Nc2ccc(Cl)c(S(=O)(=O)N(C)C)c2)cc1. The van der Waals surface area contributed by atoms with Crippen molar-refractivity contribution in [3.8, 4) is 0 Å². The lowest BCUT2D eigenvalue weighted by Crippen LogP contribution is -2.23. The summed E-state index contributed by atoms with van der Waals surface area (Å²) in [5.74, 6) is -1.55. The lowest BCUT2D eigenvalue weighted by molar-refractivity contribution is -0.147. The molecule has 0 bridgehead atoms. The van der Waals surface area contributed by atoms with Crippen LogP contribution in [0, 0.1) is 0 Å². The maximum Gasteiger partial charge on any atom is 0.306 e. The molecule has 0 aliphatic carbocycles. The van der Waals surface area contributed by atoms with Crippen LogP contribution < -0.4 is 5.32 Å². The summed E-state index contributed by atoms with van der Waals surface area (Å²) in [5, 5.41) is 2.46. The number of thioether (sulfide) groups is 1. The summed E-state index contributed by atoms with van der Waals surface area (Å²) in [4.78, 5) is 37.0. The standard InChI is InChI=1S/C21H23ClN2O6S2/c1-24(2)32(28,29)19-12-15(6-9-17(19)22)23-20(26)13-30-21(27)11-10-18(25)14-4-7-16(31-3)8-5-14/h4-9,12H,10-11,13H2,1-3H3,(H,23,26). The van der Waals surface area contributed by atoms with Crippen molar-refractivity contribution in [2.45, 2.75) is 22.6 Å². The number of nitrogens with zero attached hydrogens (tertiary/aromatic N) is 1. The van der Waals surface area contributed by atoms with Crippen LogP contribution in [0.3, 0.4) is 0 Å². The van der Waals surface area contributed by atoms with E-state index in [1.165, 1.54) is 32.3 Å². The summed E-state index contributed by atoms with van der Waals surface area (Å²) >= 11 is 7.53. The van der Waals surface area contributed by atoms with Gasteiger partial charge in [0.15, 0.2) is 12.4 Å². The van der Waals surface area contributed by atoms with Gasteiger partial charge in [-0.3, -0.25) is 14.4 Å². The van der Waals surface area contributed by atoms with Crippen LogP contribution in [0.25, 0.3) is 0 Å². The van der Waals surface area contributed by atoms with Crippen LogP contribution in [0.15, 0.2) is 52.3 Å². The molecular formula is C21H23ClN2O6S2. The van der Waals surface area contributed by atoms with Crippen LogP contribution in [0.5, 0.6) is 0 Å². The minimum Gasteiger partial charge on any atom is -0.456 e. The summed E-state index contributed by atoms with van der Waals surface area (Å²) < 4.78 is 30.5. The lowest BCUT2D eigenvalue weighted by Gasteiger charge is -2.14. The number of anilines is 1. The number of nitrogens with one attached hydrogen (secondary N) is 1. The molecule has 0 aromatic heterocycles. The number of rotatable bonds is 10. The Bertz CT molecular complexity index is 1100. The number of ketones is 1. The van der Waals surface area contributed by atoms with E-state index in [0.717, 1.165) is 9.20 Å². The van der Waals surface area contributed by atoms with Crippen LogP contribution in [0.2, 0.25) is 5.02 Å². The summed E-state index contributed by atoms with van der Waals surface area (Å²) in [6, 6.07) is 11.0. The lowest BCUT2D eigenvalue weighted by atomic mass is 10.1. The van der Waals surface area contributed by atoms with Gasteiger partial charge in [0.2, 0.25) is 10.0 Å². The molecule has 1 N–H and O–H groups in total. The Morgan fingerprint density at radius 2 is 1.72 bits per heavy atom. The second-order valence-corrected chi connectivity index (χ2v) is 10.2. The number of Topliss-reactive ketones (excluding diaryl/α,β-unsaturated/α-hetero) is 1. The molecule has 0 fully saturated rings. The highest BCUT2D eigenvalue weighted by Crippen LogP contribution is 2.26. The minimum absolute atomic E-state index is 0.0101. The Kier molecular flexibility index (Phi) is 9.26. The first-order chi connectivity index (χ1) is 15.0. The van der Waals surface area contributed by atoms with Crippen molar-refractivity contribution in [1.29, 1.82) is 0 Å². The van der Waals surface area contributed by atoms with Crippen molar-refractivity contribution in [1.82, 2.24) is 4.31 Å². The number of carbonyl (C=O) groups is 3. The Hall–Kier alpha value is -2.40. The number of sulfonamides is 1. The predicted molar refractivity (Wildman–Crippen MR) is 124 cm³/mol. The second kappa shape index (κ2) is 11.5. The van der Waals surface area contributed by atoms with Crippen molar-refractivity contribution >= 4 is 56.7 Å². The third kappa shape index (κ3) is 7.06. The van der Waals surface area contributed by atoms with Crippen LogP contribution in [0.4, 0.5) is 5.69 Å². The van der Waals surface area contributed by atoms with Gasteiger partial charge in [0, 0.05) is 36.7 Å². The summed E-state index contributed by atoms with van der Waals surface area (Å²) in [5.41, 5.74) is 0.680. The zero-order valence-corrected chi connectivity index (χ0v) is 20.1. The maximum atomic E-state index is 12.3. The van der Waals surface area contributed by atoms with Crippen LogP contribution in [-0.2, 0) is 24.3 Å². The van der Waals surface area contributed by atoms with E-state index in [1.54, 1.807) is 23.9 Å². The third-order valence-corrected chi connectivity index (χ3v) is 7.35. The van der Waals surface area contributed by atoms with E-state index in [-0.39, 0.29) is 34.2 Å². The molecule has 0 unspecified atom stereocenters. The summed E-state index contributed by atoms with van der Waals surface area (Å²) in [6.07, 6.45) is 1.73. The number of esters is 1. The maximum absolute atomic E-state index is 12.3. The Morgan fingerprint density at radius 3 is 2.31 bits per heavy atom. The second-order valence-electron chi connectivity index (χ2n) is 6.79. The first-order valence-corrected chi connectivity index (χ1v) is 12.4. The number of amides is 1. The predicted octanol–water partition coefficient (Wildman–Crippen LogP) is 3.46. The number of benzene rings is 2. The molecule has 2 rings (SSSR count). The highest BCUT2D eigenvalue weighted by atomic mass is 35.5. The molecule has 11 heteroatoms. The van der Waals surface area contributed by atoms with E-state index in [1.807, 2.05) is 18.4 Å². The topological polar surface area (TPSA) is 110 Å². The Morgan fingerprint density at radius 1 is 1.06 bits per heavy atom. The molecule has 0 heterocycles. The van der Waals surface area contributed by atoms with E-state index >= 15 is 0 Å². The molecule has 0 aliphatic heterocycles. The molecule has 2 aromatic carbocycles. The smallest absolute Gasteiger partial charge is 0.306 e. The van der Waals surface area contributed by atoms with Gasteiger partial charge >= 0.3 is 5.97 Å². The average Bonchev–Trinajstić information content (AvgIpc) is 2.77. The van der Waals surface area contributed by atoms with Gasteiger partial charge in [-0.2, -0.15) is 0 Å². The molecule has 0 radical (unpaired) electrons. The molecule has 0 atom stereocenters. The van der Waals surface area contributed by atoms with Crippen LogP contribution in [-0.4, -0.2) is 57.3 Å². The number of halogens is 1. The molecule has 32 heavy (non-hydrogen) atoms. The number of carbonyl (C=O) groups excluding carboxylic acids is 3. The number of hydrogen-bond donors (Lipinski definition) is 1. The van der Waals surface area contributed by atoms with Gasteiger partial charge in [0.05, 0.1) is 11.4 Å². The fourth-order valence-corrected chi connectivity index (χ4v) is 4.33. The van der Waals surface area contributed by atoms with Crippen molar-refractivity contribution in [3.63, 3.8) is 0 Å². The first-order valence-electron chi connectivity index (χ1n) is 9.39. The van der Waals surface area contributed by atoms with Gasteiger partial charge in [-0.05, 0) is 36.6 Å². The van der Waals surface area contributed by atoms with Gasteiger partial charge in [-0.1, -0.05) is 23.7 Å². The van der Waals surface area contributed by atoms with Gasteiger partial charge < -0.3 is 10.1 Å². The Balaban J connectivity index is 1.86.